The van der Waals surface area contributed by atoms with Gasteiger partial charge in [-0.15, -0.1) is 0 Å². The molecule has 0 saturated heterocycles. The third kappa shape index (κ3) is 6.58. The number of hydrogen-bond acceptors (Lipinski definition) is 5. The lowest BCUT2D eigenvalue weighted by molar-refractivity contribution is -0.118. The van der Waals surface area contributed by atoms with Gasteiger partial charge in [0.1, 0.15) is 5.75 Å². The molecular formula is C21H23NO5. The normalized spacial score (nSPS) is 10.1. The monoisotopic (exact) mass is 369 g/mol. The number of carbonyl (C=O) groups excluding carboxylic acids is 3. The summed E-state index contributed by atoms with van der Waals surface area (Å²) in [7, 11) is 1.54. The largest absolute Gasteiger partial charge is 0.497 e. The molecule has 0 radical (unpaired) electrons. The van der Waals surface area contributed by atoms with Gasteiger partial charge in [-0.05, 0) is 42.7 Å². The minimum atomic E-state index is -0.555. The van der Waals surface area contributed by atoms with Crippen molar-refractivity contribution in [3.8, 4) is 5.75 Å². The molecule has 0 atom stereocenters. The average Bonchev–Trinajstić information content (AvgIpc) is 2.69. The quantitative estimate of drug-likeness (QED) is 0.418. The van der Waals surface area contributed by atoms with Crippen molar-refractivity contribution in [2.75, 3.05) is 20.3 Å². The zero-order chi connectivity index (χ0) is 19.6. The molecule has 2 aromatic rings. The molecule has 1 N–H and O–H groups in total. The van der Waals surface area contributed by atoms with Crippen molar-refractivity contribution in [3.63, 3.8) is 0 Å². The summed E-state index contributed by atoms with van der Waals surface area (Å²) in [6.07, 6.45) is 1.63. The summed E-state index contributed by atoms with van der Waals surface area (Å²) >= 11 is 0. The van der Waals surface area contributed by atoms with Crippen LogP contribution in [0, 0.1) is 0 Å². The lowest BCUT2D eigenvalue weighted by Gasteiger charge is -2.07. The van der Waals surface area contributed by atoms with Crippen molar-refractivity contribution in [1.29, 1.82) is 0 Å². The summed E-state index contributed by atoms with van der Waals surface area (Å²) in [5.41, 5.74) is 1.92. The van der Waals surface area contributed by atoms with E-state index in [-0.39, 0.29) is 18.3 Å². The molecule has 0 aliphatic rings. The fourth-order valence-electron chi connectivity index (χ4n) is 2.44. The topological polar surface area (TPSA) is 81.7 Å². The number of benzene rings is 2. The predicted molar refractivity (Wildman–Crippen MR) is 101 cm³/mol. The lowest BCUT2D eigenvalue weighted by Crippen LogP contribution is -2.21. The lowest BCUT2D eigenvalue weighted by atomic mass is 10.1. The number of rotatable bonds is 9. The van der Waals surface area contributed by atoms with E-state index in [9.17, 15) is 14.4 Å². The van der Waals surface area contributed by atoms with Gasteiger partial charge in [-0.2, -0.15) is 0 Å². The molecule has 142 valence electrons. The molecule has 0 aliphatic heterocycles. The Labute approximate surface area is 158 Å². The number of esters is 1. The number of hydrogen-bond donors (Lipinski definition) is 1. The van der Waals surface area contributed by atoms with E-state index in [0.29, 0.717) is 23.4 Å². The van der Waals surface area contributed by atoms with Crippen LogP contribution in [0.3, 0.4) is 0 Å². The molecule has 0 aromatic heterocycles. The molecule has 0 unspecified atom stereocenters. The van der Waals surface area contributed by atoms with Crippen LogP contribution >= 0.6 is 0 Å². The van der Waals surface area contributed by atoms with E-state index < -0.39 is 5.97 Å². The minimum Gasteiger partial charge on any atom is -0.497 e. The third-order valence-corrected chi connectivity index (χ3v) is 3.95. The van der Waals surface area contributed by atoms with Gasteiger partial charge in [-0.3, -0.25) is 9.59 Å². The van der Waals surface area contributed by atoms with Gasteiger partial charge >= 0.3 is 5.97 Å². The number of aryl methyl sites for hydroxylation is 1. The zero-order valence-corrected chi connectivity index (χ0v) is 15.5. The highest BCUT2D eigenvalue weighted by molar-refractivity contribution is 5.99. The molecular weight excluding hydrogens is 346 g/mol. The van der Waals surface area contributed by atoms with Gasteiger partial charge in [-0.1, -0.05) is 24.3 Å². The Morgan fingerprint density at radius 1 is 0.926 bits per heavy atom. The number of nitrogens with one attached hydrogen (secondary N) is 1. The Bertz CT molecular complexity index is 781. The van der Waals surface area contributed by atoms with Gasteiger partial charge in [0, 0.05) is 19.0 Å². The summed E-state index contributed by atoms with van der Waals surface area (Å²) in [6.45, 7) is 1.80. The maximum absolute atomic E-state index is 12.2. The molecule has 0 spiro atoms. The Balaban J connectivity index is 1.81. The van der Waals surface area contributed by atoms with Crippen molar-refractivity contribution in [3.05, 3.63) is 65.2 Å². The second kappa shape index (κ2) is 10.1. The van der Waals surface area contributed by atoms with Crippen LogP contribution in [0.2, 0.25) is 0 Å². The standard InChI is InChI=1S/C21H23NO5/c1-15(23)22-13-3-4-16-5-7-17(8-6-16)20(24)14-27-21(25)18-9-11-19(26-2)12-10-18/h5-12H,3-4,13-14H2,1-2H3,(H,22,23). The minimum absolute atomic E-state index is 0.0415. The second-order valence-corrected chi connectivity index (χ2v) is 6.01. The summed E-state index contributed by atoms with van der Waals surface area (Å²) in [4.78, 5) is 35.0. The van der Waals surface area contributed by atoms with Crippen LogP contribution in [0.25, 0.3) is 0 Å². The predicted octanol–water partition coefficient (Wildman–Crippen LogP) is 2.80. The Morgan fingerprint density at radius 3 is 2.15 bits per heavy atom. The van der Waals surface area contributed by atoms with Crippen molar-refractivity contribution in [1.82, 2.24) is 5.32 Å². The number of Topliss-reactive ketones (excluding diaryl/α,β-unsaturated/α-hetero) is 1. The van der Waals surface area contributed by atoms with Gasteiger partial charge < -0.3 is 14.8 Å². The van der Waals surface area contributed by atoms with E-state index in [1.54, 1.807) is 43.5 Å². The molecule has 0 bridgehead atoms. The van der Waals surface area contributed by atoms with Crippen LogP contribution in [0.5, 0.6) is 5.75 Å². The van der Waals surface area contributed by atoms with Crippen LogP contribution in [0.15, 0.2) is 48.5 Å². The molecule has 1 amide bonds. The Morgan fingerprint density at radius 2 is 1.56 bits per heavy atom. The first-order chi connectivity index (χ1) is 13.0. The first-order valence-corrected chi connectivity index (χ1v) is 8.67. The van der Waals surface area contributed by atoms with Gasteiger partial charge in [0.15, 0.2) is 12.4 Å². The smallest absolute Gasteiger partial charge is 0.338 e. The molecule has 0 heterocycles. The first-order valence-electron chi connectivity index (χ1n) is 8.67. The van der Waals surface area contributed by atoms with E-state index in [1.807, 2.05) is 12.1 Å². The van der Waals surface area contributed by atoms with E-state index in [0.717, 1.165) is 18.4 Å². The number of ether oxygens (including phenoxy) is 2. The van der Waals surface area contributed by atoms with Gasteiger partial charge in [-0.25, -0.2) is 4.79 Å². The van der Waals surface area contributed by atoms with E-state index >= 15 is 0 Å². The van der Waals surface area contributed by atoms with Gasteiger partial charge in [0.25, 0.3) is 0 Å². The van der Waals surface area contributed by atoms with Crippen LogP contribution in [-0.4, -0.2) is 37.9 Å². The summed E-state index contributed by atoms with van der Waals surface area (Å²) < 4.78 is 10.1. The molecule has 2 rings (SSSR count). The highest BCUT2D eigenvalue weighted by Crippen LogP contribution is 2.13. The van der Waals surface area contributed by atoms with Crippen LogP contribution in [0.4, 0.5) is 0 Å². The fourth-order valence-corrected chi connectivity index (χ4v) is 2.44. The maximum atomic E-state index is 12.2. The van der Waals surface area contributed by atoms with Crippen molar-refractivity contribution in [2.24, 2.45) is 0 Å². The van der Waals surface area contributed by atoms with Crippen LogP contribution < -0.4 is 10.1 Å². The van der Waals surface area contributed by atoms with Crippen LogP contribution in [0.1, 0.15) is 39.6 Å². The molecule has 0 saturated carbocycles. The maximum Gasteiger partial charge on any atom is 0.338 e. The molecule has 6 nitrogen and oxygen atoms in total. The average molecular weight is 369 g/mol. The van der Waals surface area contributed by atoms with E-state index in [4.69, 9.17) is 9.47 Å². The van der Waals surface area contributed by atoms with Crippen LogP contribution in [-0.2, 0) is 16.0 Å². The highest BCUT2D eigenvalue weighted by atomic mass is 16.5. The molecule has 27 heavy (non-hydrogen) atoms. The zero-order valence-electron chi connectivity index (χ0n) is 15.5. The van der Waals surface area contributed by atoms with Crippen molar-refractivity contribution < 1.29 is 23.9 Å². The summed E-state index contributed by atoms with van der Waals surface area (Å²) in [5.74, 6) is -0.220. The number of ketones is 1. The number of amides is 1. The molecule has 0 aliphatic carbocycles. The molecule has 2 aromatic carbocycles. The third-order valence-electron chi connectivity index (χ3n) is 3.95. The highest BCUT2D eigenvalue weighted by Gasteiger charge is 2.12. The SMILES string of the molecule is COc1ccc(C(=O)OCC(=O)c2ccc(CCCNC(C)=O)cc2)cc1. The summed E-state index contributed by atoms with van der Waals surface area (Å²) in [6, 6.07) is 13.7. The Hall–Kier alpha value is -3.15. The van der Waals surface area contributed by atoms with Crippen molar-refractivity contribution in [2.45, 2.75) is 19.8 Å². The second-order valence-electron chi connectivity index (χ2n) is 6.01. The molecule has 6 heteroatoms. The Kier molecular flexibility index (Phi) is 7.55. The number of carbonyl (C=O) groups is 3. The van der Waals surface area contributed by atoms with E-state index in [2.05, 4.69) is 5.32 Å². The summed E-state index contributed by atoms with van der Waals surface area (Å²) in [5, 5.41) is 2.74. The van der Waals surface area contributed by atoms with Crippen molar-refractivity contribution >= 4 is 17.7 Å². The van der Waals surface area contributed by atoms with E-state index in [1.165, 1.54) is 6.92 Å². The van der Waals surface area contributed by atoms with Gasteiger partial charge in [0.2, 0.25) is 5.91 Å². The fraction of sp³-hybridized carbons (Fsp3) is 0.286. The molecule has 0 fully saturated rings. The number of methoxy groups -OCH3 is 1. The first kappa shape index (κ1) is 20.2. The van der Waals surface area contributed by atoms with Gasteiger partial charge in [0.05, 0.1) is 12.7 Å².